The number of aromatic nitrogens is 2. The molecule has 0 atom stereocenters. The molecule has 1 amide bonds. The van der Waals surface area contributed by atoms with E-state index in [0.29, 0.717) is 37.2 Å². The lowest BCUT2D eigenvalue weighted by atomic mass is 10.1. The fraction of sp³-hybridized carbons (Fsp3) is 0.381. The Labute approximate surface area is 162 Å². The van der Waals surface area contributed by atoms with Gasteiger partial charge in [0.25, 0.3) is 5.56 Å². The van der Waals surface area contributed by atoms with E-state index in [0.717, 1.165) is 16.5 Å². The zero-order valence-corrected chi connectivity index (χ0v) is 16.4. The topological polar surface area (TPSA) is 78.5 Å². The average molecular weight is 380 g/mol. The number of fused-ring (bicyclic) bond motifs is 3. The molecule has 4 rings (SSSR count). The quantitative estimate of drug-likeness (QED) is 0.656. The molecule has 1 saturated heterocycles. The first-order valence-corrected chi connectivity index (χ1v) is 9.46. The van der Waals surface area contributed by atoms with Gasteiger partial charge < -0.3 is 19.5 Å². The van der Waals surface area contributed by atoms with E-state index in [2.05, 4.69) is 14.9 Å². The van der Waals surface area contributed by atoms with Crippen LogP contribution in [0.5, 0.6) is 0 Å². The van der Waals surface area contributed by atoms with Crippen LogP contribution < -0.4 is 10.5 Å². The van der Waals surface area contributed by atoms with Crippen LogP contribution in [0, 0.1) is 0 Å². The van der Waals surface area contributed by atoms with Crippen molar-refractivity contribution >= 4 is 33.6 Å². The molecule has 7 nitrogen and oxygen atoms in total. The van der Waals surface area contributed by atoms with E-state index in [1.54, 1.807) is 11.1 Å². The highest BCUT2D eigenvalue weighted by Gasteiger charge is 2.27. The van der Waals surface area contributed by atoms with E-state index in [9.17, 15) is 9.59 Å². The van der Waals surface area contributed by atoms with E-state index >= 15 is 0 Å². The molecule has 0 bridgehead atoms. The van der Waals surface area contributed by atoms with Crippen molar-refractivity contribution in [3.63, 3.8) is 0 Å². The zero-order chi connectivity index (χ0) is 19.9. The number of carbonyl (C=O) groups is 1. The fourth-order valence-corrected chi connectivity index (χ4v) is 3.61. The number of piperazine rings is 1. The summed E-state index contributed by atoms with van der Waals surface area (Å²) >= 11 is 0. The minimum atomic E-state index is -0.500. The van der Waals surface area contributed by atoms with Crippen molar-refractivity contribution in [2.45, 2.75) is 26.4 Å². The highest BCUT2D eigenvalue weighted by Crippen LogP contribution is 2.30. The van der Waals surface area contributed by atoms with E-state index in [1.807, 2.05) is 51.1 Å². The summed E-state index contributed by atoms with van der Waals surface area (Å²) in [6.45, 7) is 8.15. The van der Waals surface area contributed by atoms with Gasteiger partial charge in [-0.15, -0.1) is 0 Å². The summed E-state index contributed by atoms with van der Waals surface area (Å²) < 4.78 is 5.48. The minimum absolute atomic E-state index is 0.137. The molecule has 3 heterocycles. The number of rotatable bonds is 1. The lowest BCUT2D eigenvalue weighted by Gasteiger charge is -2.37. The molecule has 0 unspecified atom stereocenters. The first kappa shape index (κ1) is 18.3. The predicted molar refractivity (Wildman–Crippen MR) is 110 cm³/mol. The van der Waals surface area contributed by atoms with Crippen LogP contribution in [0.4, 0.5) is 10.5 Å². The number of hydrogen-bond donors (Lipinski definition) is 1. The number of nitrogens with zero attached hydrogens (tertiary/aromatic N) is 3. The summed E-state index contributed by atoms with van der Waals surface area (Å²) in [5, 5.41) is 2.47. The van der Waals surface area contributed by atoms with Gasteiger partial charge >= 0.3 is 6.09 Å². The maximum atomic E-state index is 12.3. The third-order valence-electron chi connectivity index (χ3n) is 4.87. The average Bonchev–Trinajstić information content (AvgIpc) is 2.66. The van der Waals surface area contributed by atoms with Gasteiger partial charge in [-0.2, -0.15) is 0 Å². The maximum absolute atomic E-state index is 12.3. The highest BCUT2D eigenvalue weighted by atomic mass is 16.6. The summed E-state index contributed by atoms with van der Waals surface area (Å²) in [7, 11) is 0. The Bertz CT molecular complexity index is 1090. The van der Waals surface area contributed by atoms with Crippen LogP contribution in [0.25, 0.3) is 21.8 Å². The van der Waals surface area contributed by atoms with Gasteiger partial charge in [0.2, 0.25) is 0 Å². The van der Waals surface area contributed by atoms with Gasteiger partial charge in [-0.05, 0) is 32.9 Å². The normalized spacial score (nSPS) is 15.2. The molecule has 1 aromatic carbocycles. The Morgan fingerprint density at radius 1 is 1.07 bits per heavy atom. The van der Waals surface area contributed by atoms with Crippen molar-refractivity contribution in [1.29, 1.82) is 0 Å². The molecular weight excluding hydrogens is 356 g/mol. The molecule has 0 saturated carbocycles. The first-order valence-electron chi connectivity index (χ1n) is 9.46. The van der Waals surface area contributed by atoms with Gasteiger partial charge in [-0.3, -0.25) is 4.79 Å². The number of pyridine rings is 2. The summed E-state index contributed by atoms with van der Waals surface area (Å²) in [6.07, 6.45) is 1.43. The highest BCUT2D eigenvalue weighted by molar-refractivity contribution is 6.10. The second-order valence-electron chi connectivity index (χ2n) is 8.01. The standard InChI is InChI=1S/C21H24N4O3/c1-21(2,3)28-20(27)25-12-10-24(11-13-25)16-8-9-22-18-17(16)14-6-4-5-7-15(14)19(26)23-18/h4-9H,10-13H2,1-3H3,(H,22,23,26). The van der Waals surface area contributed by atoms with Crippen LogP contribution in [0.2, 0.25) is 0 Å². The molecule has 146 valence electrons. The maximum Gasteiger partial charge on any atom is 0.410 e. The summed E-state index contributed by atoms with van der Waals surface area (Å²) in [5.74, 6) is 0. The zero-order valence-electron chi connectivity index (χ0n) is 16.4. The Morgan fingerprint density at radius 3 is 2.43 bits per heavy atom. The number of anilines is 1. The predicted octanol–water partition coefficient (Wildman–Crippen LogP) is 3.13. The van der Waals surface area contributed by atoms with Gasteiger partial charge in [0.1, 0.15) is 11.2 Å². The van der Waals surface area contributed by atoms with Crippen LogP contribution in [0.3, 0.4) is 0 Å². The van der Waals surface area contributed by atoms with Crippen LogP contribution in [0.15, 0.2) is 41.3 Å². The Morgan fingerprint density at radius 2 is 1.75 bits per heavy atom. The van der Waals surface area contributed by atoms with Crippen LogP contribution in [-0.2, 0) is 4.74 Å². The Hall–Kier alpha value is -3.09. The summed E-state index contributed by atoms with van der Waals surface area (Å²) in [6, 6.07) is 9.54. The number of carbonyl (C=O) groups excluding carboxylic acids is 1. The lowest BCUT2D eigenvalue weighted by molar-refractivity contribution is 0.0240. The number of aromatic amines is 1. The molecule has 0 radical (unpaired) electrons. The number of hydrogen-bond acceptors (Lipinski definition) is 5. The third kappa shape index (κ3) is 3.40. The first-order chi connectivity index (χ1) is 13.3. The van der Waals surface area contributed by atoms with Gasteiger partial charge in [0.05, 0.1) is 0 Å². The van der Waals surface area contributed by atoms with Crippen LogP contribution in [0.1, 0.15) is 20.8 Å². The number of benzene rings is 1. The van der Waals surface area contributed by atoms with Gasteiger partial charge in [-0.25, -0.2) is 9.78 Å². The smallest absolute Gasteiger partial charge is 0.410 e. The molecule has 7 heteroatoms. The molecule has 2 aromatic heterocycles. The van der Waals surface area contributed by atoms with Crippen LogP contribution in [-0.4, -0.2) is 52.7 Å². The molecule has 1 N–H and O–H groups in total. The Kier molecular flexibility index (Phi) is 4.45. The second kappa shape index (κ2) is 6.82. The molecule has 1 aliphatic heterocycles. The summed E-state index contributed by atoms with van der Waals surface area (Å²) in [4.78, 5) is 35.9. The number of amides is 1. The van der Waals surface area contributed by atoms with Gasteiger partial charge in [0, 0.05) is 54.2 Å². The lowest BCUT2D eigenvalue weighted by Crippen LogP contribution is -2.50. The number of H-pyrrole nitrogens is 1. The largest absolute Gasteiger partial charge is 0.444 e. The molecule has 0 aliphatic carbocycles. The molecular formula is C21H24N4O3. The van der Waals surface area contributed by atoms with Crippen molar-refractivity contribution in [1.82, 2.24) is 14.9 Å². The van der Waals surface area contributed by atoms with Crippen molar-refractivity contribution in [2.75, 3.05) is 31.1 Å². The Balaban J connectivity index is 1.65. The summed E-state index contributed by atoms with van der Waals surface area (Å²) in [5.41, 5.74) is 0.958. The van der Waals surface area contributed by atoms with Crippen LogP contribution >= 0.6 is 0 Å². The van der Waals surface area contributed by atoms with E-state index < -0.39 is 5.60 Å². The van der Waals surface area contributed by atoms with Crippen molar-refractivity contribution in [3.05, 3.63) is 46.9 Å². The fourth-order valence-electron chi connectivity index (χ4n) is 3.61. The van der Waals surface area contributed by atoms with Crippen molar-refractivity contribution in [3.8, 4) is 0 Å². The van der Waals surface area contributed by atoms with Gasteiger partial charge in [0.15, 0.2) is 0 Å². The molecule has 28 heavy (non-hydrogen) atoms. The second-order valence-corrected chi connectivity index (χ2v) is 8.01. The number of ether oxygens (including phenoxy) is 1. The molecule has 0 spiro atoms. The monoisotopic (exact) mass is 380 g/mol. The third-order valence-corrected chi connectivity index (χ3v) is 4.87. The van der Waals surface area contributed by atoms with E-state index in [-0.39, 0.29) is 11.7 Å². The molecule has 1 aliphatic rings. The van der Waals surface area contributed by atoms with Crippen molar-refractivity contribution < 1.29 is 9.53 Å². The van der Waals surface area contributed by atoms with Crippen molar-refractivity contribution in [2.24, 2.45) is 0 Å². The molecule has 3 aromatic rings. The SMILES string of the molecule is CC(C)(C)OC(=O)N1CCN(c2ccnc3[nH]c(=O)c4ccccc4c23)CC1. The molecule has 1 fully saturated rings. The van der Waals surface area contributed by atoms with E-state index in [4.69, 9.17) is 4.74 Å². The van der Waals surface area contributed by atoms with Gasteiger partial charge in [-0.1, -0.05) is 18.2 Å². The van der Waals surface area contributed by atoms with E-state index in [1.165, 1.54) is 0 Å². The number of nitrogens with one attached hydrogen (secondary N) is 1. The minimum Gasteiger partial charge on any atom is -0.444 e.